The van der Waals surface area contributed by atoms with E-state index < -0.39 is 17.3 Å². The van der Waals surface area contributed by atoms with E-state index in [1.165, 1.54) is 40.0 Å². The molecular formula is C27H29FN6O4. The van der Waals surface area contributed by atoms with Crippen LogP contribution in [0.3, 0.4) is 0 Å². The van der Waals surface area contributed by atoms with Gasteiger partial charge in [0.15, 0.2) is 11.6 Å². The summed E-state index contributed by atoms with van der Waals surface area (Å²) in [6.07, 6.45) is 8.11. The smallest absolute Gasteiger partial charge is 0.322 e. The molecule has 0 saturated carbocycles. The van der Waals surface area contributed by atoms with E-state index in [0.29, 0.717) is 11.4 Å². The van der Waals surface area contributed by atoms with Gasteiger partial charge in [0.25, 0.3) is 11.5 Å². The zero-order chi connectivity index (χ0) is 28.0. The molecule has 0 aliphatic rings. The molecule has 0 aliphatic heterocycles. The molecule has 0 spiro atoms. The second-order valence-corrected chi connectivity index (χ2v) is 8.31. The molecular weight excluding hydrogens is 491 g/mol. The zero-order valence-electron chi connectivity index (χ0n) is 21.8. The highest BCUT2D eigenvalue weighted by Gasteiger charge is 2.23. The van der Waals surface area contributed by atoms with Gasteiger partial charge in [-0.1, -0.05) is 24.8 Å². The average molecular weight is 521 g/mol. The predicted octanol–water partition coefficient (Wildman–Crippen LogP) is 4.77. The van der Waals surface area contributed by atoms with Gasteiger partial charge in [0.1, 0.15) is 17.1 Å². The number of anilines is 2. The Balaban J connectivity index is 1.80. The third-order valence-corrected chi connectivity index (χ3v) is 5.51. The minimum absolute atomic E-state index is 0.0660. The highest BCUT2D eigenvalue weighted by atomic mass is 19.1. The SMILES string of the molecule is C=C/C=C\C(=C/C)n1c(=O)c(C(=O)Nc2ccc(Oc3ccnc(NC(=O)N(C)C)c3)c(F)c2)c(C)n1C. The molecule has 0 fully saturated rings. The van der Waals surface area contributed by atoms with E-state index in [9.17, 15) is 18.8 Å². The summed E-state index contributed by atoms with van der Waals surface area (Å²) < 4.78 is 23.4. The van der Waals surface area contributed by atoms with E-state index in [2.05, 4.69) is 22.2 Å². The Kier molecular flexibility index (Phi) is 8.64. The van der Waals surface area contributed by atoms with Gasteiger partial charge in [-0.15, -0.1) is 0 Å². The van der Waals surface area contributed by atoms with Gasteiger partial charge < -0.3 is 15.0 Å². The first-order chi connectivity index (χ1) is 18.1. The molecule has 10 nitrogen and oxygen atoms in total. The fraction of sp³-hybridized carbons (Fsp3) is 0.185. The highest BCUT2D eigenvalue weighted by molar-refractivity contribution is 6.05. The van der Waals surface area contributed by atoms with Crippen molar-refractivity contribution >= 4 is 29.1 Å². The molecule has 1 aromatic carbocycles. The summed E-state index contributed by atoms with van der Waals surface area (Å²) >= 11 is 0. The minimum Gasteiger partial charge on any atom is -0.454 e. The summed E-state index contributed by atoms with van der Waals surface area (Å²) in [6.45, 7) is 7.05. The second-order valence-electron chi connectivity index (χ2n) is 8.31. The number of amides is 3. The van der Waals surface area contributed by atoms with Gasteiger partial charge in [-0.25, -0.2) is 18.9 Å². The molecule has 0 aliphatic carbocycles. The number of rotatable bonds is 8. The number of aromatic nitrogens is 3. The number of benzene rings is 1. The van der Waals surface area contributed by atoms with Crippen LogP contribution in [0.15, 0.2) is 72.2 Å². The van der Waals surface area contributed by atoms with Gasteiger partial charge in [-0.3, -0.25) is 19.6 Å². The summed E-state index contributed by atoms with van der Waals surface area (Å²) in [6, 6.07) is 6.46. The molecule has 3 rings (SSSR count). The van der Waals surface area contributed by atoms with Crippen molar-refractivity contribution in [3.05, 3.63) is 94.8 Å². The Hall–Kier alpha value is -4.93. The lowest BCUT2D eigenvalue weighted by atomic mass is 10.2. The maximum atomic E-state index is 14.8. The fourth-order valence-corrected chi connectivity index (χ4v) is 3.46. The van der Waals surface area contributed by atoms with E-state index in [-0.39, 0.29) is 34.6 Å². The first-order valence-corrected chi connectivity index (χ1v) is 11.5. The Morgan fingerprint density at radius 2 is 1.92 bits per heavy atom. The van der Waals surface area contributed by atoms with Crippen LogP contribution in [0.1, 0.15) is 23.0 Å². The number of nitrogens with zero attached hydrogens (tertiary/aromatic N) is 4. The molecule has 198 valence electrons. The minimum atomic E-state index is -0.744. The Bertz CT molecular complexity index is 1500. The first kappa shape index (κ1) is 27.7. The molecule has 0 saturated heterocycles. The lowest BCUT2D eigenvalue weighted by Gasteiger charge is -2.13. The van der Waals surface area contributed by atoms with Gasteiger partial charge in [0, 0.05) is 45.2 Å². The second kappa shape index (κ2) is 11.9. The third-order valence-electron chi connectivity index (χ3n) is 5.51. The van der Waals surface area contributed by atoms with Crippen molar-refractivity contribution in [2.45, 2.75) is 13.8 Å². The number of halogens is 1. The van der Waals surface area contributed by atoms with Gasteiger partial charge in [-0.2, -0.15) is 0 Å². The molecule has 3 aromatic rings. The van der Waals surface area contributed by atoms with Crippen molar-refractivity contribution < 1.29 is 18.7 Å². The lowest BCUT2D eigenvalue weighted by Crippen LogP contribution is -2.27. The Morgan fingerprint density at radius 1 is 1.18 bits per heavy atom. The van der Waals surface area contributed by atoms with Crippen LogP contribution < -0.4 is 20.9 Å². The molecule has 11 heteroatoms. The monoisotopic (exact) mass is 520 g/mol. The summed E-state index contributed by atoms with van der Waals surface area (Å²) in [5.74, 6) is -1.05. The van der Waals surface area contributed by atoms with E-state index in [1.807, 2.05) is 0 Å². The van der Waals surface area contributed by atoms with Gasteiger partial charge in [0.2, 0.25) is 0 Å². The summed E-state index contributed by atoms with van der Waals surface area (Å²) in [4.78, 5) is 43.3. The number of hydrogen-bond acceptors (Lipinski definition) is 5. The molecule has 0 radical (unpaired) electrons. The summed E-state index contributed by atoms with van der Waals surface area (Å²) in [7, 11) is 4.84. The number of hydrogen-bond donors (Lipinski definition) is 2. The van der Waals surface area contributed by atoms with Crippen LogP contribution in [0.5, 0.6) is 11.5 Å². The number of carbonyl (C=O) groups excluding carboxylic acids is 2. The van der Waals surface area contributed by atoms with Crippen molar-refractivity contribution in [1.29, 1.82) is 0 Å². The average Bonchev–Trinajstić information content (AvgIpc) is 3.09. The summed E-state index contributed by atoms with van der Waals surface area (Å²) in [5.41, 5.74) is 0.561. The normalized spacial score (nSPS) is 11.4. The fourth-order valence-electron chi connectivity index (χ4n) is 3.46. The summed E-state index contributed by atoms with van der Waals surface area (Å²) in [5, 5.41) is 5.15. The number of ether oxygens (including phenoxy) is 1. The maximum Gasteiger partial charge on any atom is 0.322 e. The molecule has 0 atom stereocenters. The molecule has 2 aromatic heterocycles. The van der Waals surface area contributed by atoms with Crippen LogP contribution in [0.4, 0.5) is 20.7 Å². The van der Waals surface area contributed by atoms with Crippen LogP contribution in [0, 0.1) is 12.7 Å². The molecule has 2 heterocycles. The van der Waals surface area contributed by atoms with Crippen LogP contribution in [-0.4, -0.2) is 45.3 Å². The molecule has 0 bridgehead atoms. The first-order valence-electron chi connectivity index (χ1n) is 11.5. The van der Waals surface area contributed by atoms with Crippen molar-refractivity contribution in [3.8, 4) is 11.5 Å². The standard InChI is InChI=1S/C27H29FN6O4/c1-7-9-10-19(8-2)34-26(36)24(17(3)33(34)6)25(35)30-18-11-12-22(21(28)15-18)38-20-13-14-29-23(16-20)31-27(37)32(4)5/h7-16H,1H2,2-6H3,(H,30,35)(H,29,31,37)/b10-9-,19-8+. The number of urea groups is 1. The van der Waals surface area contributed by atoms with E-state index in [0.717, 1.165) is 6.07 Å². The molecule has 2 N–H and O–H groups in total. The maximum absolute atomic E-state index is 14.8. The molecule has 0 unspecified atom stereocenters. The van der Waals surface area contributed by atoms with Crippen LogP contribution >= 0.6 is 0 Å². The predicted molar refractivity (Wildman–Crippen MR) is 145 cm³/mol. The van der Waals surface area contributed by atoms with Crippen molar-refractivity contribution in [3.63, 3.8) is 0 Å². The van der Waals surface area contributed by atoms with Crippen LogP contribution in [-0.2, 0) is 7.05 Å². The largest absolute Gasteiger partial charge is 0.454 e. The van der Waals surface area contributed by atoms with Crippen LogP contribution in [0.25, 0.3) is 5.70 Å². The third kappa shape index (κ3) is 6.06. The van der Waals surface area contributed by atoms with Gasteiger partial charge in [-0.05, 0) is 38.1 Å². The van der Waals surface area contributed by atoms with Crippen molar-refractivity contribution in [2.24, 2.45) is 7.05 Å². The quantitative estimate of drug-likeness (QED) is 0.416. The van der Waals surface area contributed by atoms with E-state index in [1.54, 1.807) is 64.0 Å². The van der Waals surface area contributed by atoms with E-state index in [4.69, 9.17) is 4.74 Å². The van der Waals surface area contributed by atoms with Gasteiger partial charge >= 0.3 is 6.03 Å². The zero-order valence-corrected chi connectivity index (χ0v) is 21.8. The van der Waals surface area contributed by atoms with Gasteiger partial charge in [0.05, 0.1) is 11.4 Å². The Labute approximate surface area is 219 Å². The van der Waals surface area contributed by atoms with Crippen LogP contribution in [0.2, 0.25) is 0 Å². The van der Waals surface area contributed by atoms with Crippen molar-refractivity contribution in [1.82, 2.24) is 19.2 Å². The lowest BCUT2D eigenvalue weighted by molar-refractivity contribution is 0.102. The number of carbonyl (C=O) groups is 2. The molecule has 3 amide bonds. The number of nitrogens with one attached hydrogen (secondary N) is 2. The Morgan fingerprint density at radius 3 is 2.55 bits per heavy atom. The number of pyridine rings is 1. The van der Waals surface area contributed by atoms with Crippen molar-refractivity contribution in [2.75, 3.05) is 24.7 Å². The highest BCUT2D eigenvalue weighted by Crippen LogP contribution is 2.28. The number of allylic oxidation sites excluding steroid dienone is 5. The molecule has 38 heavy (non-hydrogen) atoms. The topological polar surface area (TPSA) is 110 Å². The van der Waals surface area contributed by atoms with E-state index >= 15 is 0 Å².